The van der Waals surface area contributed by atoms with Crippen LogP contribution in [-0.2, 0) is 19.1 Å². The number of piperidine rings is 1. The third-order valence-electron chi connectivity index (χ3n) is 16.3. The van der Waals surface area contributed by atoms with E-state index in [1.807, 2.05) is 11.9 Å². The monoisotopic (exact) mass is 710 g/mol. The minimum atomic E-state index is -1.16. The number of nitrogens with one attached hydrogen (secondary N) is 2. The van der Waals surface area contributed by atoms with E-state index >= 15 is 0 Å². The van der Waals surface area contributed by atoms with Crippen LogP contribution in [-0.4, -0.2) is 71.6 Å². The molecule has 2 amide bonds. The Morgan fingerprint density at radius 3 is 2.18 bits per heavy atom. The van der Waals surface area contributed by atoms with Gasteiger partial charge in [0, 0.05) is 31.0 Å². The first-order valence-electron chi connectivity index (χ1n) is 20.1. The molecule has 6 aliphatic rings. The Bertz CT molecular complexity index is 1480. The van der Waals surface area contributed by atoms with Crippen molar-refractivity contribution >= 4 is 23.8 Å². The molecule has 1 aliphatic heterocycles. The van der Waals surface area contributed by atoms with Gasteiger partial charge in [0.25, 0.3) is 0 Å². The fourth-order valence-corrected chi connectivity index (χ4v) is 13.2. The smallest absolute Gasteiger partial charge is 0.318 e. The van der Waals surface area contributed by atoms with Crippen molar-refractivity contribution in [2.75, 3.05) is 20.1 Å². The average molecular weight is 710 g/mol. The molecule has 5 fully saturated rings. The molecular weight excluding hydrogens is 642 g/mol. The third kappa shape index (κ3) is 5.89. The largest absolute Gasteiger partial charge is 0.481 e. The van der Waals surface area contributed by atoms with Gasteiger partial charge in [-0.2, -0.15) is 0 Å². The number of carbonyl (C=O) groups excluding carboxylic acids is 3. The molecule has 0 bridgehead atoms. The number of hydrogen-bond acceptors (Lipinski definition) is 6. The van der Waals surface area contributed by atoms with E-state index in [1.54, 1.807) is 13.8 Å². The van der Waals surface area contributed by atoms with Gasteiger partial charge in [0.2, 0.25) is 0 Å². The standard InChI is InChI=1S/C42H67N3O6/c1-25(2)33-28(46)23-42(44-36(50)45-21-15-26(43-10)16-22-45)20-19-40(8)27(34(33)42)11-12-30-39(7)17-14-31(51-32(47)24-37(3,4)35(48)49)38(5,6)29(39)13-18-41(30,40)9/h25-27,29-31,43H,11-24H2,1-10H3,(H,44,50)(H,48,49)/t27?,29?,30?,31-,39?,40+,41+,42+/m0/s1. The van der Waals surface area contributed by atoms with Crippen molar-refractivity contribution in [3.05, 3.63) is 11.1 Å². The van der Waals surface area contributed by atoms with Crippen molar-refractivity contribution < 1.29 is 29.0 Å². The summed E-state index contributed by atoms with van der Waals surface area (Å²) in [6.45, 7) is 21.1. The molecule has 8 atom stereocenters. The van der Waals surface area contributed by atoms with Crippen LogP contribution in [0.2, 0.25) is 0 Å². The van der Waals surface area contributed by atoms with Crippen molar-refractivity contribution in [3.63, 3.8) is 0 Å². The Kier molecular flexibility index (Phi) is 9.66. The topological polar surface area (TPSA) is 125 Å². The molecule has 4 saturated carbocycles. The van der Waals surface area contributed by atoms with Crippen molar-refractivity contribution in [3.8, 4) is 0 Å². The highest BCUT2D eigenvalue weighted by Gasteiger charge is 2.70. The molecule has 0 aromatic rings. The van der Waals surface area contributed by atoms with Crippen molar-refractivity contribution in [1.82, 2.24) is 15.5 Å². The highest BCUT2D eigenvalue weighted by Crippen LogP contribution is 2.76. The zero-order valence-corrected chi connectivity index (χ0v) is 33.3. The number of Topliss-reactive ketones (excluding diaryl/α,β-unsaturated/α-hetero) is 1. The van der Waals surface area contributed by atoms with Gasteiger partial charge in [0.15, 0.2) is 5.78 Å². The van der Waals surface area contributed by atoms with Crippen molar-refractivity contribution in [2.45, 2.75) is 157 Å². The zero-order valence-electron chi connectivity index (χ0n) is 33.3. The van der Waals surface area contributed by atoms with Crippen LogP contribution >= 0.6 is 0 Å². The molecular formula is C42H67N3O6. The van der Waals surface area contributed by atoms with Crippen LogP contribution in [0.4, 0.5) is 4.79 Å². The van der Waals surface area contributed by atoms with Crippen LogP contribution in [0.3, 0.4) is 0 Å². The lowest BCUT2D eigenvalue weighted by atomic mass is 9.33. The fraction of sp³-hybridized carbons (Fsp3) is 0.857. The van der Waals surface area contributed by atoms with Gasteiger partial charge in [0.05, 0.1) is 17.4 Å². The summed E-state index contributed by atoms with van der Waals surface area (Å²) < 4.78 is 6.16. The first kappa shape index (κ1) is 38.3. The molecule has 9 heteroatoms. The van der Waals surface area contributed by atoms with Gasteiger partial charge in [-0.1, -0.05) is 48.5 Å². The Morgan fingerprint density at radius 2 is 1.57 bits per heavy atom. The summed E-state index contributed by atoms with van der Waals surface area (Å²) in [5, 5.41) is 16.5. The number of carboxylic acids is 1. The number of likely N-dealkylation sites (tertiary alicyclic amines) is 1. The highest BCUT2D eigenvalue weighted by molar-refractivity contribution is 6.02. The second kappa shape index (κ2) is 12.9. The molecule has 3 N–H and O–H groups in total. The fourth-order valence-electron chi connectivity index (χ4n) is 13.2. The molecule has 0 spiro atoms. The number of rotatable bonds is 7. The Morgan fingerprint density at radius 1 is 0.902 bits per heavy atom. The second-order valence-electron chi connectivity index (χ2n) is 20.0. The summed E-state index contributed by atoms with van der Waals surface area (Å²) >= 11 is 0. The van der Waals surface area contributed by atoms with Crippen molar-refractivity contribution in [1.29, 1.82) is 0 Å². The number of ketones is 1. The molecule has 1 saturated heterocycles. The van der Waals surface area contributed by atoms with Crippen LogP contribution in [0.1, 0.15) is 139 Å². The van der Waals surface area contributed by atoms with Gasteiger partial charge in [-0.05, 0) is 136 Å². The maximum atomic E-state index is 14.0. The van der Waals surface area contributed by atoms with Gasteiger partial charge in [-0.15, -0.1) is 0 Å². The summed E-state index contributed by atoms with van der Waals surface area (Å²) in [5.41, 5.74) is 0.353. The number of nitrogens with zero attached hydrogens (tertiary/aromatic N) is 1. The van der Waals surface area contributed by atoms with Gasteiger partial charge in [0.1, 0.15) is 6.10 Å². The Labute approximate surface area is 306 Å². The Balaban J connectivity index is 1.27. The molecule has 5 aliphatic carbocycles. The first-order valence-corrected chi connectivity index (χ1v) is 20.1. The van der Waals surface area contributed by atoms with E-state index in [1.165, 1.54) is 5.57 Å². The SMILES string of the molecule is CNC1CCN(C(=O)N[C@@]23CC[C@]4(C)C(CCC5C6(C)CC[C@H](OC(=O)CC(C)(C)C(=O)O)C(C)(C)C6CC[C@]54C)C2=C(C(C)C)C(=O)C3)CC1. The average Bonchev–Trinajstić information content (AvgIpc) is 3.34. The minimum Gasteiger partial charge on any atom is -0.481 e. The lowest BCUT2D eigenvalue weighted by molar-refractivity contribution is -0.232. The quantitative estimate of drug-likeness (QED) is 0.234. The van der Waals surface area contributed by atoms with E-state index in [0.29, 0.717) is 24.3 Å². The third-order valence-corrected chi connectivity index (χ3v) is 16.3. The molecule has 4 unspecified atom stereocenters. The number of esters is 1. The number of amides is 2. The highest BCUT2D eigenvalue weighted by atomic mass is 16.5. The second-order valence-corrected chi connectivity index (χ2v) is 20.0. The molecule has 9 nitrogen and oxygen atoms in total. The van der Waals surface area contributed by atoms with E-state index in [9.17, 15) is 24.3 Å². The van der Waals surface area contributed by atoms with Crippen LogP contribution in [0.25, 0.3) is 0 Å². The van der Waals surface area contributed by atoms with E-state index in [4.69, 9.17) is 4.74 Å². The molecule has 0 radical (unpaired) electrons. The normalized spacial score (nSPS) is 39.5. The summed E-state index contributed by atoms with van der Waals surface area (Å²) in [7, 11) is 1.99. The summed E-state index contributed by atoms with van der Waals surface area (Å²) in [5.74, 6) is 0.0305. The predicted molar refractivity (Wildman–Crippen MR) is 198 cm³/mol. The van der Waals surface area contributed by atoms with E-state index in [2.05, 4.69) is 59.1 Å². The number of urea groups is 1. The number of hydrogen-bond donors (Lipinski definition) is 3. The van der Waals surface area contributed by atoms with Crippen molar-refractivity contribution in [2.24, 2.45) is 50.7 Å². The van der Waals surface area contributed by atoms with Gasteiger partial charge < -0.3 is 25.4 Å². The zero-order chi connectivity index (χ0) is 37.5. The maximum absolute atomic E-state index is 14.0. The van der Waals surface area contributed by atoms with Crippen LogP contribution in [0.15, 0.2) is 11.1 Å². The summed E-state index contributed by atoms with van der Waals surface area (Å²) in [4.78, 5) is 54.7. The number of carbonyl (C=O) groups is 4. The van der Waals surface area contributed by atoms with Gasteiger partial charge >= 0.3 is 18.0 Å². The van der Waals surface area contributed by atoms with E-state index < -0.39 is 22.9 Å². The van der Waals surface area contributed by atoms with E-state index in [-0.39, 0.29) is 57.8 Å². The maximum Gasteiger partial charge on any atom is 0.318 e. The number of ether oxygens (including phenoxy) is 1. The van der Waals surface area contributed by atoms with Crippen LogP contribution in [0.5, 0.6) is 0 Å². The summed E-state index contributed by atoms with van der Waals surface area (Å²) in [6, 6.07) is 0.431. The van der Waals surface area contributed by atoms with Gasteiger partial charge in [-0.3, -0.25) is 14.4 Å². The lowest BCUT2D eigenvalue weighted by Crippen LogP contribution is -2.67. The van der Waals surface area contributed by atoms with Crippen LogP contribution in [0, 0.1) is 50.7 Å². The van der Waals surface area contributed by atoms with E-state index in [0.717, 1.165) is 82.9 Å². The molecule has 286 valence electrons. The number of aliphatic carboxylic acids is 1. The lowest BCUT2D eigenvalue weighted by Gasteiger charge is -2.72. The number of allylic oxidation sites excluding steroid dienone is 1. The predicted octanol–water partition coefficient (Wildman–Crippen LogP) is 7.53. The molecule has 6 rings (SSSR count). The minimum absolute atomic E-state index is 0.0115. The number of carboxylic acid groups (broad SMARTS) is 1. The molecule has 0 aromatic carbocycles. The van der Waals surface area contributed by atoms with Crippen LogP contribution < -0.4 is 10.6 Å². The summed E-state index contributed by atoms with van der Waals surface area (Å²) in [6.07, 6.45) is 9.68. The van der Waals surface area contributed by atoms with Gasteiger partial charge in [-0.25, -0.2) is 4.79 Å². The Hall–Kier alpha value is -2.42. The molecule has 1 heterocycles. The number of fused-ring (bicyclic) bond motifs is 7. The first-order chi connectivity index (χ1) is 23.7. The molecule has 0 aromatic heterocycles. The molecule has 51 heavy (non-hydrogen) atoms.